The van der Waals surface area contributed by atoms with E-state index in [-0.39, 0.29) is 18.0 Å². The van der Waals surface area contributed by atoms with Gasteiger partial charge < -0.3 is 14.6 Å². The largest absolute Gasteiger partial charge is 0.495 e. The summed E-state index contributed by atoms with van der Waals surface area (Å²) in [6, 6.07) is 15.5. The number of anilines is 1. The van der Waals surface area contributed by atoms with Gasteiger partial charge in [0.1, 0.15) is 11.8 Å². The second-order valence-electron chi connectivity index (χ2n) is 6.99. The molecule has 1 N–H and O–H groups in total. The van der Waals surface area contributed by atoms with Gasteiger partial charge in [-0.3, -0.25) is 9.69 Å². The summed E-state index contributed by atoms with van der Waals surface area (Å²) in [5.74, 6) is 0.650. The lowest BCUT2D eigenvalue weighted by atomic mass is 9.93. The number of hydrogen-bond donors (Lipinski definition) is 1. The Morgan fingerprint density at radius 2 is 1.89 bits per heavy atom. The van der Waals surface area contributed by atoms with Gasteiger partial charge in [-0.2, -0.15) is 0 Å². The van der Waals surface area contributed by atoms with Crippen molar-refractivity contribution in [3.63, 3.8) is 0 Å². The highest BCUT2D eigenvalue weighted by molar-refractivity contribution is 7.80. The number of aromatic nitrogens is 1. The van der Waals surface area contributed by atoms with E-state index in [1.165, 1.54) is 10.9 Å². The zero-order valence-electron chi connectivity index (χ0n) is 15.1. The van der Waals surface area contributed by atoms with Crippen molar-refractivity contribution in [2.75, 3.05) is 12.0 Å². The van der Waals surface area contributed by atoms with Crippen LogP contribution in [0.1, 0.15) is 24.2 Å². The van der Waals surface area contributed by atoms with Crippen molar-refractivity contribution in [3.8, 4) is 5.75 Å². The fraction of sp³-hybridized carbons (Fsp3) is 0.238. The molecule has 0 aliphatic carbocycles. The van der Waals surface area contributed by atoms with Crippen molar-refractivity contribution in [2.45, 2.75) is 25.4 Å². The molecule has 2 atom stereocenters. The van der Waals surface area contributed by atoms with Gasteiger partial charge in [0.25, 0.3) is 5.91 Å². The maximum Gasteiger partial charge on any atom is 0.256 e. The third kappa shape index (κ3) is 2.16. The second-order valence-corrected chi connectivity index (χ2v) is 7.36. The molecule has 1 saturated heterocycles. The number of ether oxygens (including phenoxy) is 1. The van der Waals surface area contributed by atoms with Gasteiger partial charge in [0, 0.05) is 23.0 Å². The molecule has 0 bridgehead atoms. The standard InChI is InChI=1S/C21H19N3O2S/c1-12-19-14(13-7-3-4-8-15(13)22-19)11-17-20(25)24(21(27)23(12)17)16-9-5-6-10-18(16)26-2/h3-10,12,17,22H,11H2,1-2H3/t12-,17+/m0/s1. The van der Waals surface area contributed by atoms with E-state index in [0.717, 1.165) is 11.2 Å². The average Bonchev–Trinajstić information content (AvgIpc) is 3.18. The first kappa shape index (κ1) is 16.3. The Morgan fingerprint density at radius 3 is 2.70 bits per heavy atom. The number of carbonyl (C=O) groups excluding carboxylic acids is 1. The van der Waals surface area contributed by atoms with Crippen LogP contribution in [0, 0.1) is 0 Å². The van der Waals surface area contributed by atoms with Gasteiger partial charge in [-0.1, -0.05) is 30.3 Å². The highest BCUT2D eigenvalue weighted by Crippen LogP contribution is 2.43. The molecule has 1 fully saturated rings. The molecule has 1 aromatic heterocycles. The molecule has 5 nitrogen and oxygen atoms in total. The van der Waals surface area contributed by atoms with Gasteiger partial charge in [0.15, 0.2) is 5.11 Å². The fourth-order valence-corrected chi connectivity index (χ4v) is 4.87. The van der Waals surface area contributed by atoms with Gasteiger partial charge in [-0.05, 0) is 42.9 Å². The molecule has 1 amide bonds. The molecule has 136 valence electrons. The van der Waals surface area contributed by atoms with Crippen molar-refractivity contribution < 1.29 is 9.53 Å². The molecule has 3 aromatic rings. The van der Waals surface area contributed by atoms with Crippen LogP contribution in [0.2, 0.25) is 0 Å². The monoisotopic (exact) mass is 377 g/mol. The average molecular weight is 377 g/mol. The Hall–Kier alpha value is -2.86. The van der Waals surface area contributed by atoms with Gasteiger partial charge >= 0.3 is 0 Å². The summed E-state index contributed by atoms with van der Waals surface area (Å²) in [7, 11) is 1.61. The van der Waals surface area contributed by atoms with E-state index < -0.39 is 0 Å². The van der Waals surface area contributed by atoms with Crippen LogP contribution in [0.3, 0.4) is 0 Å². The smallest absolute Gasteiger partial charge is 0.256 e. The van der Waals surface area contributed by atoms with Crippen LogP contribution >= 0.6 is 12.2 Å². The van der Waals surface area contributed by atoms with E-state index in [2.05, 4.69) is 28.9 Å². The second kappa shape index (κ2) is 5.82. The third-order valence-corrected chi connectivity index (χ3v) is 6.05. The van der Waals surface area contributed by atoms with E-state index in [4.69, 9.17) is 17.0 Å². The molecule has 5 rings (SSSR count). The number of carbonyl (C=O) groups is 1. The summed E-state index contributed by atoms with van der Waals surface area (Å²) < 4.78 is 5.46. The lowest BCUT2D eigenvalue weighted by Crippen LogP contribution is -2.42. The van der Waals surface area contributed by atoms with E-state index in [0.29, 0.717) is 23.0 Å². The summed E-state index contributed by atoms with van der Waals surface area (Å²) in [5, 5.41) is 1.72. The zero-order valence-corrected chi connectivity index (χ0v) is 15.9. The first-order valence-corrected chi connectivity index (χ1v) is 9.41. The Kier molecular flexibility index (Phi) is 3.52. The number of methoxy groups -OCH3 is 1. The van der Waals surface area contributed by atoms with Crippen molar-refractivity contribution in [2.24, 2.45) is 0 Å². The Morgan fingerprint density at radius 1 is 1.15 bits per heavy atom. The number of benzene rings is 2. The number of nitrogens with zero attached hydrogens (tertiary/aromatic N) is 2. The maximum atomic E-state index is 13.4. The van der Waals surface area contributed by atoms with Crippen LogP contribution in [0.5, 0.6) is 5.75 Å². The molecule has 0 saturated carbocycles. The van der Waals surface area contributed by atoms with Crippen LogP contribution in [-0.2, 0) is 11.2 Å². The Balaban J connectivity index is 1.61. The predicted octanol–water partition coefficient (Wildman–Crippen LogP) is 3.80. The van der Waals surface area contributed by atoms with Crippen LogP contribution in [0.4, 0.5) is 5.69 Å². The topological polar surface area (TPSA) is 48.6 Å². The number of rotatable bonds is 2. The van der Waals surface area contributed by atoms with Gasteiger partial charge in [-0.15, -0.1) is 0 Å². The van der Waals surface area contributed by atoms with Crippen LogP contribution in [0.15, 0.2) is 48.5 Å². The number of fused-ring (bicyclic) bond motifs is 4. The van der Waals surface area contributed by atoms with E-state index in [1.807, 2.05) is 36.4 Å². The number of H-pyrrole nitrogens is 1. The lowest BCUT2D eigenvalue weighted by molar-refractivity contribution is -0.120. The molecule has 27 heavy (non-hydrogen) atoms. The van der Waals surface area contributed by atoms with E-state index >= 15 is 0 Å². The van der Waals surface area contributed by atoms with E-state index in [1.54, 1.807) is 12.0 Å². The molecule has 6 heteroatoms. The first-order chi connectivity index (χ1) is 13.1. The van der Waals surface area contributed by atoms with Crippen molar-refractivity contribution in [3.05, 3.63) is 59.8 Å². The SMILES string of the molecule is COc1ccccc1N1C(=O)[C@H]2Cc3c([nH]c4ccccc34)[C@H](C)N2C1=S. The Bertz CT molecular complexity index is 1090. The molecule has 2 aliphatic heterocycles. The molecule has 3 heterocycles. The maximum absolute atomic E-state index is 13.4. The van der Waals surface area contributed by atoms with Crippen LogP contribution in [0.25, 0.3) is 10.9 Å². The van der Waals surface area contributed by atoms with E-state index in [9.17, 15) is 4.79 Å². The highest BCUT2D eigenvalue weighted by atomic mass is 32.1. The zero-order chi connectivity index (χ0) is 18.7. The molecule has 0 unspecified atom stereocenters. The highest BCUT2D eigenvalue weighted by Gasteiger charge is 2.49. The fourth-order valence-electron chi connectivity index (χ4n) is 4.40. The summed E-state index contributed by atoms with van der Waals surface area (Å²) in [6.07, 6.45) is 0.647. The summed E-state index contributed by atoms with van der Waals surface area (Å²) >= 11 is 5.75. The summed E-state index contributed by atoms with van der Waals surface area (Å²) in [5.41, 5.74) is 4.17. The quantitative estimate of drug-likeness (QED) is 0.690. The lowest BCUT2D eigenvalue weighted by Gasteiger charge is -2.34. The molecule has 2 aromatic carbocycles. The van der Waals surface area contributed by atoms with Crippen LogP contribution < -0.4 is 9.64 Å². The minimum Gasteiger partial charge on any atom is -0.495 e. The first-order valence-electron chi connectivity index (χ1n) is 9.00. The number of thiocarbonyl (C=S) groups is 1. The van der Waals surface area contributed by atoms with Crippen molar-refractivity contribution >= 4 is 39.8 Å². The molecule has 2 aliphatic rings. The predicted molar refractivity (Wildman–Crippen MR) is 109 cm³/mol. The number of aromatic amines is 1. The van der Waals surface area contributed by atoms with Crippen LogP contribution in [-0.4, -0.2) is 34.1 Å². The minimum atomic E-state index is -0.288. The minimum absolute atomic E-state index is 0.00214. The van der Waals surface area contributed by atoms with Gasteiger partial charge in [0.2, 0.25) is 0 Å². The van der Waals surface area contributed by atoms with Gasteiger partial charge in [-0.25, -0.2) is 0 Å². The summed E-state index contributed by atoms with van der Waals surface area (Å²) in [4.78, 5) is 20.6. The Labute approximate surface area is 162 Å². The molecular formula is C21H19N3O2S. The van der Waals surface area contributed by atoms with Gasteiger partial charge in [0.05, 0.1) is 18.8 Å². The number of amides is 1. The molecule has 0 spiro atoms. The van der Waals surface area contributed by atoms with Crippen molar-refractivity contribution in [1.29, 1.82) is 0 Å². The number of para-hydroxylation sites is 3. The third-order valence-electron chi connectivity index (χ3n) is 5.66. The van der Waals surface area contributed by atoms with Crippen molar-refractivity contribution in [1.82, 2.24) is 9.88 Å². The number of nitrogens with one attached hydrogen (secondary N) is 1. The number of hydrogen-bond acceptors (Lipinski definition) is 3. The molecule has 0 radical (unpaired) electrons. The normalized spacial score (nSPS) is 21.6. The molecular weight excluding hydrogens is 358 g/mol. The summed E-state index contributed by atoms with van der Waals surface area (Å²) in [6.45, 7) is 2.10.